The van der Waals surface area contributed by atoms with Gasteiger partial charge in [0.15, 0.2) is 9.84 Å². The summed E-state index contributed by atoms with van der Waals surface area (Å²) in [5, 5.41) is 9.25. The summed E-state index contributed by atoms with van der Waals surface area (Å²) in [6, 6.07) is 4.55. The van der Waals surface area contributed by atoms with E-state index in [9.17, 15) is 53.8 Å². The van der Waals surface area contributed by atoms with Crippen LogP contribution in [0.5, 0.6) is 0 Å². The zero-order valence-electron chi connectivity index (χ0n) is 23.7. The van der Waals surface area contributed by atoms with Gasteiger partial charge in [-0.2, -0.15) is 26.3 Å². The number of ether oxygens (including phenoxy) is 1. The van der Waals surface area contributed by atoms with E-state index < -0.39 is 103 Å². The fourth-order valence-electron chi connectivity index (χ4n) is 6.27. The van der Waals surface area contributed by atoms with Crippen LogP contribution < -0.4 is 0 Å². The van der Waals surface area contributed by atoms with E-state index in [1.54, 1.807) is 0 Å². The van der Waals surface area contributed by atoms with Crippen LogP contribution in [0.25, 0.3) is 0 Å². The number of carbonyl (C=O) groups excluding carboxylic acids is 1. The van der Waals surface area contributed by atoms with Crippen LogP contribution in [0, 0.1) is 23.5 Å². The van der Waals surface area contributed by atoms with E-state index in [1.165, 1.54) is 0 Å². The standard InChI is InChI=1S/C29H29F8NO6S/c1-2-44-27(28(32,33)34,29(35,36)37)22-12-7-19(15-23(22)31)26(45(42,43)21-10-8-20(30)9-11-21)13-14-38(16-26)24(39)17-3-5-18(6-4-17)25(40)41/h7-12,15,17-18H,2-6,13-14,16H2,1H3,(H,40,41)/t17?,18?,26-/m0/s1. The minimum absolute atomic E-state index is 0.181. The molecular formula is C29H29F8NO6S. The average Bonchev–Trinajstić information content (AvgIpc) is 3.42. The summed E-state index contributed by atoms with van der Waals surface area (Å²) < 4.78 is 143. The molecule has 7 nitrogen and oxygen atoms in total. The SMILES string of the molecule is CCOC(c1ccc([C@]2(S(=O)(=O)c3ccc(F)cc3)CCN(C(=O)C3CCC(C(=O)O)CC3)C2)cc1F)(C(F)(F)F)C(F)(F)F. The van der Waals surface area contributed by atoms with Crippen molar-refractivity contribution in [2.24, 2.45) is 11.8 Å². The number of alkyl halides is 6. The summed E-state index contributed by atoms with van der Waals surface area (Å²) in [5.74, 6) is -5.68. The second-order valence-corrected chi connectivity index (χ2v) is 13.4. The van der Waals surface area contributed by atoms with Crippen LogP contribution in [0.2, 0.25) is 0 Å². The van der Waals surface area contributed by atoms with Crippen LogP contribution in [0.4, 0.5) is 35.1 Å². The fraction of sp³-hybridized carbons (Fsp3) is 0.517. The lowest BCUT2D eigenvalue weighted by molar-refractivity contribution is -0.389. The summed E-state index contributed by atoms with van der Waals surface area (Å²) in [6.07, 6.45) is -12.0. The molecule has 1 aliphatic heterocycles. The largest absolute Gasteiger partial charge is 0.481 e. The van der Waals surface area contributed by atoms with Gasteiger partial charge in [0.1, 0.15) is 16.4 Å². The van der Waals surface area contributed by atoms with Gasteiger partial charge in [0, 0.05) is 31.2 Å². The smallest absolute Gasteiger partial charge is 0.430 e. The van der Waals surface area contributed by atoms with Crippen molar-refractivity contribution in [2.75, 3.05) is 19.7 Å². The predicted molar refractivity (Wildman–Crippen MR) is 141 cm³/mol. The molecule has 0 unspecified atom stereocenters. The van der Waals surface area contributed by atoms with Gasteiger partial charge in [0.2, 0.25) is 5.91 Å². The maximum atomic E-state index is 15.6. The molecule has 1 atom stereocenters. The maximum absolute atomic E-state index is 15.6. The molecule has 2 aromatic rings. The summed E-state index contributed by atoms with van der Waals surface area (Å²) in [4.78, 5) is 25.4. The Bertz CT molecular complexity index is 1520. The van der Waals surface area contributed by atoms with Gasteiger partial charge in [-0.15, -0.1) is 0 Å². The van der Waals surface area contributed by atoms with Crippen molar-refractivity contribution in [2.45, 2.75) is 66.6 Å². The fourth-order valence-corrected chi connectivity index (χ4v) is 8.34. The molecule has 0 aromatic heterocycles. The van der Waals surface area contributed by atoms with Gasteiger partial charge in [-0.25, -0.2) is 17.2 Å². The first-order chi connectivity index (χ1) is 20.8. The number of aliphatic carboxylic acids is 1. The lowest BCUT2D eigenvalue weighted by Crippen LogP contribution is -2.56. The minimum Gasteiger partial charge on any atom is -0.481 e. The number of nitrogens with zero attached hydrogens (tertiary/aromatic N) is 1. The van der Waals surface area contributed by atoms with Crippen LogP contribution >= 0.6 is 0 Å². The third kappa shape index (κ3) is 5.90. The Morgan fingerprint density at radius 1 is 0.933 bits per heavy atom. The van der Waals surface area contributed by atoms with Gasteiger partial charge in [-0.1, -0.05) is 12.1 Å². The summed E-state index contributed by atoms with van der Waals surface area (Å²) in [7, 11) is -4.70. The molecule has 1 heterocycles. The number of carboxylic acids is 1. The van der Waals surface area contributed by atoms with E-state index in [0.717, 1.165) is 36.1 Å². The Kier molecular flexibility index (Phi) is 9.35. The van der Waals surface area contributed by atoms with Crippen LogP contribution in [0.3, 0.4) is 0 Å². The van der Waals surface area contributed by atoms with E-state index in [2.05, 4.69) is 4.74 Å². The summed E-state index contributed by atoms with van der Waals surface area (Å²) in [5.41, 5.74) is -7.51. The molecule has 2 aromatic carbocycles. The number of benzene rings is 2. The van der Waals surface area contributed by atoms with Crippen molar-refractivity contribution in [3.05, 3.63) is 65.2 Å². The Labute approximate surface area is 253 Å². The quantitative estimate of drug-likeness (QED) is 0.269. The highest BCUT2D eigenvalue weighted by atomic mass is 32.2. The highest BCUT2D eigenvalue weighted by molar-refractivity contribution is 7.92. The van der Waals surface area contributed by atoms with Crippen LogP contribution in [0.1, 0.15) is 50.2 Å². The average molecular weight is 672 g/mol. The molecule has 45 heavy (non-hydrogen) atoms. The molecular weight excluding hydrogens is 642 g/mol. The van der Waals surface area contributed by atoms with Crippen molar-refractivity contribution < 1.29 is 63.0 Å². The molecule has 4 rings (SSSR count). The molecule has 1 aliphatic carbocycles. The molecule has 1 saturated heterocycles. The Balaban J connectivity index is 1.82. The van der Waals surface area contributed by atoms with Gasteiger partial charge >= 0.3 is 18.3 Å². The zero-order chi connectivity index (χ0) is 33.6. The first-order valence-corrected chi connectivity index (χ1v) is 15.4. The van der Waals surface area contributed by atoms with E-state index in [0.29, 0.717) is 6.07 Å². The third-order valence-corrected chi connectivity index (χ3v) is 11.1. The number of carboxylic acid groups (broad SMARTS) is 1. The van der Waals surface area contributed by atoms with Crippen LogP contribution in [0.15, 0.2) is 47.4 Å². The number of rotatable bonds is 8. The van der Waals surface area contributed by atoms with Gasteiger partial charge in [0.05, 0.1) is 10.8 Å². The molecule has 1 saturated carbocycles. The van der Waals surface area contributed by atoms with E-state index >= 15 is 4.39 Å². The number of sulfone groups is 1. The molecule has 2 aliphatic rings. The van der Waals surface area contributed by atoms with Gasteiger partial charge in [-0.3, -0.25) is 9.59 Å². The molecule has 1 amide bonds. The van der Waals surface area contributed by atoms with E-state index in [-0.39, 0.29) is 44.4 Å². The number of likely N-dealkylation sites (tertiary alicyclic amines) is 1. The normalized spacial score (nSPS) is 23.3. The van der Waals surface area contributed by atoms with Gasteiger partial charge in [-0.05, 0) is 74.9 Å². The third-order valence-electron chi connectivity index (χ3n) is 8.64. The molecule has 248 valence electrons. The number of halogens is 8. The molecule has 0 bridgehead atoms. The molecule has 1 N–H and O–H groups in total. The van der Waals surface area contributed by atoms with Crippen molar-refractivity contribution in [3.8, 4) is 0 Å². The second kappa shape index (κ2) is 12.2. The van der Waals surface area contributed by atoms with Crippen molar-refractivity contribution in [1.29, 1.82) is 0 Å². The second-order valence-electron chi connectivity index (χ2n) is 11.2. The first-order valence-electron chi connectivity index (χ1n) is 13.9. The lowest BCUT2D eigenvalue weighted by Gasteiger charge is -2.38. The molecule has 0 spiro atoms. The van der Waals surface area contributed by atoms with Gasteiger partial charge in [0.25, 0.3) is 5.60 Å². The van der Waals surface area contributed by atoms with Crippen molar-refractivity contribution in [3.63, 3.8) is 0 Å². The van der Waals surface area contributed by atoms with Crippen LogP contribution in [-0.4, -0.2) is 62.3 Å². The monoisotopic (exact) mass is 671 g/mol. The number of hydrogen-bond donors (Lipinski definition) is 1. The topological polar surface area (TPSA) is 101 Å². The van der Waals surface area contributed by atoms with Crippen molar-refractivity contribution in [1.82, 2.24) is 4.90 Å². The Morgan fingerprint density at radius 2 is 1.49 bits per heavy atom. The Hall–Kier alpha value is -3.27. The molecule has 2 fully saturated rings. The number of amides is 1. The summed E-state index contributed by atoms with van der Waals surface area (Å²) >= 11 is 0. The van der Waals surface area contributed by atoms with Crippen LogP contribution in [-0.2, 0) is 34.5 Å². The van der Waals surface area contributed by atoms with Crippen molar-refractivity contribution >= 4 is 21.7 Å². The number of hydrogen-bond acceptors (Lipinski definition) is 5. The highest BCUT2D eigenvalue weighted by Crippen LogP contribution is 2.54. The maximum Gasteiger partial charge on any atom is 0.430 e. The highest BCUT2D eigenvalue weighted by Gasteiger charge is 2.74. The summed E-state index contributed by atoms with van der Waals surface area (Å²) in [6.45, 7) is -1.11. The zero-order valence-corrected chi connectivity index (χ0v) is 24.5. The molecule has 16 heteroatoms. The van der Waals surface area contributed by atoms with Gasteiger partial charge < -0.3 is 14.7 Å². The van der Waals surface area contributed by atoms with E-state index in [4.69, 9.17) is 0 Å². The molecule has 0 radical (unpaired) electrons. The first kappa shape index (κ1) is 34.6. The lowest BCUT2D eigenvalue weighted by atomic mass is 9.81. The number of carbonyl (C=O) groups is 2. The van der Waals surface area contributed by atoms with E-state index in [1.807, 2.05) is 0 Å². The minimum atomic E-state index is -6.17. The Morgan fingerprint density at radius 3 is 1.98 bits per heavy atom. The predicted octanol–water partition coefficient (Wildman–Crippen LogP) is 6.11.